The van der Waals surface area contributed by atoms with Gasteiger partial charge in [-0.05, 0) is 45.3 Å². The number of nitrogens with zero attached hydrogens (tertiary/aromatic N) is 1. The minimum absolute atomic E-state index is 0.104. The number of halogens is 1. The van der Waals surface area contributed by atoms with Gasteiger partial charge in [0.25, 0.3) is 0 Å². The summed E-state index contributed by atoms with van der Waals surface area (Å²) >= 11 is 0. The molecule has 0 aromatic carbocycles. The van der Waals surface area contributed by atoms with Gasteiger partial charge in [0.15, 0.2) is 0 Å². The van der Waals surface area contributed by atoms with E-state index < -0.39 is 0 Å². The lowest BCUT2D eigenvalue weighted by atomic mass is 10.1. The summed E-state index contributed by atoms with van der Waals surface area (Å²) in [6.07, 6.45) is 4.27. The summed E-state index contributed by atoms with van der Waals surface area (Å²) in [5.41, 5.74) is 1.88. The summed E-state index contributed by atoms with van der Waals surface area (Å²) in [7, 11) is 0. The molecule has 1 saturated heterocycles. The lowest BCUT2D eigenvalue weighted by molar-refractivity contribution is 0.243. The van der Waals surface area contributed by atoms with E-state index in [2.05, 4.69) is 11.8 Å². The first-order chi connectivity index (χ1) is 5.86. The van der Waals surface area contributed by atoms with Crippen LogP contribution in [0.25, 0.3) is 0 Å². The highest BCUT2D eigenvalue weighted by Gasteiger charge is 2.15. The van der Waals surface area contributed by atoms with Gasteiger partial charge in [-0.25, -0.2) is 0 Å². The topological polar surface area (TPSA) is 15.3 Å². The van der Waals surface area contributed by atoms with Crippen LogP contribution in [0.15, 0.2) is 0 Å². The van der Waals surface area contributed by atoms with Crippen LogP contribution in [0, 0.1) is 0 Å². The first-order valence-corrected chi connectivity index (χ1v) is 4.95. The summed E-state index contributed by atoms with van der Waals surface area (Å²) in [5, 5.41) is 0. The van der Waals surface area contributed by atoms with Crippen LogP contribution in [0.4, 0.5) is 4.48 Å². The van der Waals surface area contributed by atoms with E-state index in [1.165, 1.54) is 13.0 Å². The Morgan fingerprint density at radius 3 is 2.92 bits per heavy atom. The lowest BCUT2D eigenvalue weighted by Crippen LogP contribution is -2.27. The first kappa shape index (κ1) is 9.93. The average molecular weight is 174 g/mol. The van der Waals surface area contributed by atoms with Crippen molar-refractivity contribution >= 4 is 0 Å². The van der Waals surface area contributed by atoms with Gasteiger partial charge in [0, 0.05) is 6.04 Å². The van der Waals surface area contributed by atoms with Gasteiger partial charge in [-0.3, -0.25) is 0 Å². The molecule has 1 heterocycles. The number of hydrogen-bond acceptors (Lipinski definition) is 2. The number of hydrogen-bond donors (Lipinski definition) is 1. The molecule has 0 aromatic heterocycles. The fourth-order valence-electron chi connectivity index (χ4n) is 1.80. The van der Waals surface area contributed by atoms with Gasteiger partial charge in [-0.2, -0.15) is 5.54 Å². The van der Waals surface area contributed by atoms with Crippen molar-refractivity contribution in [3.63, 3.8) is 0 Å². The van der Waals surface area contributed by atoms with Gasteiger partial charge in [0.2, 0.25) is 0 Å². The van der Waals surface area contributed by atoms with Crippen molar-refractivity contribution in [2.75, 3.05) is 19.6 Å². The zero-order valence-electron chi connectivity index (χ0n) is 7.85. The van der Waals surface area contributed by atoms with Gasteiger partial charge >= 0.3 is 0 Å². The molecule has 2 nitrogen and oxygen atoms in total. The summed E-state index contributed by atoms with van der Waals surface area (Å²) in [6, 6.07) is 0.104. The van der Waals surface area contributed by atoms with E-state index >= 15 is 0 Å². The van der Waals surface area contributed by atoms with Crippen LogP contribution in [0.1, 0.15) is 32.6 Å². The van der Waals surface area contributed by atoms with Crippen molar-refractivity contribution in [1.29, 1.82) is 0 Å². The highest BCUT2D eigenvalue weighted by molar-refractivity contribution is 4.71. The van der Waals surface area contributed by atoms with Crippen LogP contribution in [0.5, 0.6) is 0 Å². The average Bonchev–Trinajstić information content (AvgIpc) is 2.31. The third-order valence-electron chi connectivity index (χ3n) is 2.51. The zero-order chi connectivity index (χ0) is 8.81. The van der Waals surface area contributed by atoms with E-state index in [4.69, 9.17) is 0 Å². The van der Waals surface area contributed by atoms with E-state index in [0.717, 1.165) is 32.4 Å². The van der Waals surface area contributed by atoms with Gasteiger partial charge in [-0.15, -0.1) is 4.48 Å². The molecule has 0 radical (unpaired) electrons. The molecule has 0 amide bonds. The SMILES string of the molecule is CCCN1CCCC(NF)CC1. The molecule has 1 rings (SSSR count). The van der Waals surface area contributed by atoms with Crippen LogP contribution < -0.4 is 5.54 Å². The Hall–Kier alpha value is -0.150. The summed E-state index contributed by atoms with van der Waals surface area (Å²) in [6.45, 7) is 5.55. The Morgan fingerprint density at radius 1 is 1.42 bits per heavy atom. The van der Waals surface area contributed by atoms with E-state index in [1.807, 2.05) is 5.54 Å². The molecule has 0 saturated carbocycles. The Labute approximate surface area is 74.1 Å². The van der Waals surface area contributed by atoms with Gasteiger partial charge < -0.3 is 4.90 Å². The minimum atomic E-state index is 0.104. The lowest BCUT2D eigenvalue weighted by Gasteiger charge is -2.18. The number of likely N-dealkylation sites (tertiary alicyclic amines) is 1. The van der Waals surface area contributed by atoms with Gasteiger partial charge in [0.1, 0.15) is 0 Å². The van der Waals surface area contributed by atoms with E-state index in [-0.39, 0.29) is 6.04 Å². The Kier molecular flexibility index (Phi) is 4.54. The van der Waals surface area contributed by atoms with Crippen molar-refractivity contribution in [2.45, 2.75) is 38.6 Å². The molecular weight excluding hydrogens is 155 g/mol. The normalized spacial score (nSPS) is 27.0. The fourth-order valence-corrected chi connectivity index (χ4v) is 1.80. The fraction of sp³-hybridized carbons (Fsp3) is 1.00. The predicted octanol–water partition coefficient (Wildman–Crippen LogP) is 1.72. The molecule has 1 fully saturated rings. The maximum absolute atomic E-state index is 12.1. The molecule has 1 aliphatic rings. The molecule has 12 heavy (non-hydrogen) atoms. The first-order valence-electron chi connectivity index (χ1n) is 4.95. The summed E-state index contributed by atoms with van der Waals surface area (Å²) in [5.74, 6) is 0. The molecule has 0 aliphatic carbocycles. The molecule has 0 spiro atoms. The molecule has 1 unspecified atom stereocenters. The third-order valence-corrected chi connectivity index (χ3v) is 2.51. The van der Waals surface area contributed by atoms with E-state index in [9.17, 15) is 4.48 Å². The molecule has 3 heteroatoms. The molecular formula is C9H19FN2. The maximum atomic E-state index is 12.1. The predicted molar refractivity (Wildman–Crippen MR) is 48.6 cm³/mol. The Balaban J connectivity index is 2.24. The maximum Gasteiger partial charge on any atom is 0.0384 e. The van der Waals surface area contributed by atoms with Crippen LogP contribution in [0.3, 0.4) is 0 Å². The van der Waals surface area contributed by atoms with E-state index in [1.54, 1.807) is 0 Å². The monoisotopic (exact) mass is 174 g/mol. The Morgan fingerprint density at radius 2 is 2.25 bits per heavy atom. The summed E-state index contributed by atoms with van der Waals surface area (Å²) in [4.78, 5) is 2.43. The molecule has 0 bridgehead atoms. The quantitative estimate of drug-likeness (QED) is 0.655. The third kappa shape index (κ3) is 3.07. The van der Waals surface area contributed by atoms with E-state index in [0.29, 0.717) is 0 Å². The number of nitrogens with one attached hydrogen (secondary N) is 1. The van der Waals surface area contributed by atoms with Crippen LogP contribution in [-0.4, -0.2) is 30.6 Å². The summed E-state index contributed by atoms with van der Waals surface area (Å²) < 4.78 is 12.1. The molecule has 1 aliphatic heterocycles. The number of rotatable bonds is 3. The van der Waals surface area contributed by atoms with Crippen LogP contribution >= 0.6 is 0 Å². The Bertz CT molecular complexity index is 119. The van der Waals surface area contributed by atoms with Gasteiger partial charge in [-0.1, -0.05) is 6.92 Å². The van der Waals surface area contributed by atoms with Crippen LogP contribution in [-0.2, 0) is 0 Å². The second-order valence-corrected chi connectivity index (χ2v) is 3.58. The minimum Gasteiger partial charge on any atom is -0.303 e. The largest absolute Gasteiger partial charge is 0.303 e. The van der Waals surface area contributed by atoms with Crippen molar-refractivity contribution < 1.29 is 4.48 Å². The second kappa shape index (κ2) is 5.49. The molecule has 0 aromatic rings. The smallest absolute Gasteiger partial charge is 0.0384 e. The highest BCUT2D eigenvalue weighted by atomic mass is 19.2. The molecule has 1 atom stereocenters. The zero-order valence-corrected chi connectivity index (χ0v) is 7.85. The van der Waals surface area contributed by atoms with Crippen molar-refractivity contribution in [2.24, 2.45) is 0 Å². The van der Waals surface area contributed by atoms with Crippen molar-refractivity contribution in [1.82, 2.24) is 10.4 Å². The van der Waals surface area contributed by atoms with Crippen LogP contribution in [0.2, 0.25) is 0 Å². The highest BCUT2D eigenvalue weighted by Crippen LogP contribution is 2.10. The van der Waals surface area contributed by atoms with Gasteiger partial charge in [0.05, 0.1) is 0 Å². The molecule has 1 N–H and O–H groups in total. The standard InChI is InChI=1S/C9H19FN2/c1-2-6-12-7-3-4-9(11-10)5-8-12/h9,11H,2-8H2,1H3. The van der Waals surface area contributed by atoms with Crippen molar-refractivity contribution in [3.8, 4) is 0 Å². The van der Waals surface area contributed by atoms with Crippen molar-refractivity contribution in [3.05, 3.63) is 0 Å². The second-order valence-electron chi connectivity index (χ2n) is 3.58. The molecule has 72 valence electrons.